The summed E-state index contributed by atoms with van der Waals surface area (Å²) in [5, 5.41) is 10.4. The first-order chi connectivity index (χ1) is 6.43. The van der Waals surface area contributed by atoms with Crippen LogP contribution in [-0.4, -0.2) is 8.42 Å². The molecule has 0 aliphatic carbocycles. The van der Waals surface area contributed by atoms with Gasteiger partial charge < -0.3 is 9.83 Å². The molecule has 0 spiro atoms. The van der Waals surface area contributed by atoms with E-state index in [0.717, 1.165) is 0 Å². The van der Waals surface area contributed by atoms with Crippen molar-refractivity contribution in [2.45, 2.75) is 4.90 Å². The monoisotopic (exact) mass is 267 g/mol. The molecule has 0 N–H and O–H groups in total. The first-order valence-electron chi connectivity index (χ1n) is 3.43. The number of sulfonamides is 1. The number of benzene rings is 1. The zero-order valence-electron chi connectivity index (χ0n) is 9.90. The molecule has 0 fully saturated rings. The second-order valence-electron chi connectivity index (χ2n) is 2.31. The minimum atomic E-state index is -4.06. The molecule has 17 heavy (non-hydrogen) atoms. The van der Waals surface area contributed by atoms with Gasteiger partial charge in [-0.1, -0.05) is 5.02 Å². The number of hydrogen-bond donors (Lipinski definition) is 0. The van der Waals surface area contributed by atoms with Gasteiger partial charge in [-0.3, -0.25) is 0 Å². The van der Waals surface area contributed by atoms with Crippen LogP contribution in [0, 0.1) is 6.07 Å². The summed E-state index contributed by atoms with van der Waals surface area (Å²) in [4.78, 5) is -0.321. The summed E-state index contributed by atoms with van der Waals surface area (Å²) in [6.45, 7) is 2.84. The zero-order chi connectivity index (χ0) is 10.8. The maximum absolute atomic E-state index is 11.3. The Balaban J connectivity index is -0.000000653. The molecular formula is C8H5ClLi2NNaO3S. The summed E-state index contributed by atoms with van der Waals surface area (Å²) in [6, 6.07) is 6.64. The van der Waals surface area contributed by atoms with Gasteiger partial charge in [-0.05, 0) is 4.90 Å². The summed E-state index contributed by atoms with van der Waals surface area (Å²) in [5.41, 5.74) is 0. The van der Waals surface area contributed by atoms with E-state index < -0.39 is 15.9 Å². The van der Waals surface area contributed by atoms with Crippen molar-refractivity contribution in [1.29, 1.82) is 0 Å². The van der Waals surface area contributed by atoms with Crippen LogP contribution in [0.15, 0.2) is 35.6 Å². The van der Waals surface area contributed by atoms with E-state index in [9.17, 15) is 13.5 Å². The first kappa shape index (κ1) is 23.1. The van der Waals surface area contributed by atoms with Crippen molar-refractivity contribution in [3.05, 3.63) is 46.5 Å². The Kier molecular flexibility index (Phi) is 13.4. The van der Waals surface area contributed by atoms with E-state index in [4.69, 9.17) is 11.6 Å². The van der Waals surface area contributed by atoms with Crippen molar-refractivity contribution in [2.24, 2.45) is 0 Å². The van der Waals surface area contributed by atoms with Gasteiger partial charge in [0.05, 0.1) is 10.0 Å². The predicted octanol–water partition coefficient (Wildman–Crippen LogP) is -7.95. The average Bonchev–Trinajstić information content (AvgIpc) is 2.02. The van der Waals surface area contributed by atoms with Crippen LogP contribution in [0.2, 0.25) is 5.02 Å². The molecule has 4 nitrogen and oxygen atoms in total. The smallest absolute Gasteiger partial charge is 0.889 e. The standard InChI is InChI=1S/C8H6ClNO3S.2Li.Na/c1-6(11)10-14(12,13)8-5-3-2-4-7(8)9;;;/h2-4,11H,1H2;;;/q-2;3*+1/p-1. The molecular weight excluding hydrogens is 262 g/mol. The second-order valence-corrected chi connectivity index (χ2v) is 4.26. The minimum absolute atomic E-state index is 0. The Morgan fingerprint density at radius 1 is 1.47 bits per heavy atom. The van der Waals surface area contributed by atoms with E-state index in [2.05, 4.69) is 17.4 Å². The van der Waals surface area contributed by atoms with Crippen LogP contribution in [0.5, 0.6) is 0 Å². The van der Waals surface area contributed by atoms with Gasteiger partial charge in [0.1, 0.15) is 0 Å². The zero-order valence-corrected chi connectivity index (χ0v) is 13.5. The van der Waals surface area contributed by atoms with Gasteiger partial charge in [0.25, 0.3) is 0 Å². The first-order valence-corrected chi connectivity index (χ1v) is 5.25. The molecule has 0 bridgehead atoms. The van der Waals surface area contributed by atoms with Crippen LogP contribution in [0.3, 0.4) is 0 Å². The van der Waals surface area contributed by atoms with Crippen LogP contribution in [-0.2, 0) is 10.0 Å². The van der Waals surface area contributed by atoms with E-state index >= 15 is 0 Å². The average molecular weight is 268 g/mol. The van der Waals surface area contributed by atoms with Crippen LogP contribution < -0.4 is 72.4 Å². The van der Waals surface area contributed by atoms with Gasteiger partial charge in [-0.15, -0.1) is 6.58 Å². The molecule has 0 heterocycles. The Morgan fingerprint density at radius 2 is 2.00 bits per heavy atom. The second kappa shape index (κ2) is 9.86. The minimum Gasteiger partial charge on any atom is -0.889 e. The van der Waals surface area contributed by atoms with Crippen molar-refractivity contribution in [3.63, 3.8) is 0 Å². The van der Waals surface area contributed by atoms with Crippen LogP contribution in [0.1, 0.15) is 0 Å². The Hall–Kier alpha value is 0.995. The third kappa shape index (κ3) is 7.23. The molecule has 0 atom stereocenters. The number of hydrogen-bond acceptors (Lipinski definition) is 3. The van der Waals surface area contributed by atoms with Gasteiger partial charge in [0.2, 0.25) is 0 Å². The van der Waals surface area contributed by atoms with E-state index in [1.54, 1.807) is 0 Å². The third-order valence-corrected chi connectivity index (χ3v) is 2.97. The van der Waals surface area contributed by atoms with Crippen LogP contribution in [0.25, 0.3) is 4.72 Å². The number of rotatable bonds is 3. The Morgan fingerprint density at radius 3 is 2.41 bits per heavy atom. The Bertz CT molecular complexity index is 470. The molecule has 0 aliphatic rings. The summed E-state index contributed by atoms with van der Waals surface area (Å²) in [7, 11) is -4.06. The topological polar surface area (TPSA) is 71.3 Å². The number of halogens is 1. The summed E-state index contributed by atoms with van der Waals surface area (Å²) >= 11 is 5.59. The van der Waals surface area contributed by atoms with E-state index in [1.807, 2.05) is 0 Å². The maximum Gasteiger partial charge on any atom is 1.00 e. The fourth-order valence-electron chi connectivity index (χ4n) is 0.778. The van der Waals surface area contributed by atoms with Gasteiger partial charge in [0, 0.05) is 0 Å². The molecule has 76 valence electrons. The molecule has 0 saturated heterocycles. The number of nitrogens with zero attached hydrogens (tertiary/aromatic N) is 1. The van der Waals surface area contributed by atoms with Crippen LogP contribution in [0.4, 0.5) is 0 Å². The normalized spacial score (nSPS) is 9.00. The molecule has 0 unspecified atom stereocenters. The third-order valence-electron chi connectivity index (χ3n) is 1.25. The van der Waals surface area contributed by atoms with Crippen molar-refractivity contribution in [1.82, 2.24) is 0 Å². The Labute approximate surface area is 152 Å². The molecule has 1 rings (SSSR count). The molecule has 0 aromatic heterocycles. The van der Waals surface area contributed by atoms with Crippen molar-refractivity contribution >= 4 is 21.6 Å². The van der Waals surface area contributed by atoms with Gasteiger partial charge in [-0.25, -0.2) is 14.3 Å². The van der Waals surface area contributed by atoms with Crippen molar-refractivity contribution < 1.29 is 80.8 Å². The maximum atomic E-state index is 11.3. The molecule has 1 aromatic rings. The molecule has 0 amide bonds. The van der Waals surface area contributed by atoms with E-state index in [1.165, 1.54) is 18.2 Å². The largest absolute Gasteiger partial charge is 1.00 e. The predicted molar refractivity (Wildman–Crippen MR) is 50.0 cm³/mol. The van der Waals surface area contributed by atoms with E-state index in [0.29, 0.717) is 0 Å². The van der Waals surface area contributed by atoms with E-state index in [-0.39, 0.29) is 77.2 Å². The van der Waals surface area contributed by atoms with Gasteiger partial charge in [-0.2, -0.15) is 35.9 Å². The van der Waals surface area contributed by atoms with Gasteiger partial charge in [0.15, 0.2) is 0 Å². The van der Waals surface area contributed by atoms with Gasteiger partial charge >= 0.3 is 67.3 Å². The molecule has 9 heteroatoms. The SMILES string of the molecule is C=C([O-])[N-]S(=O)(=O)c1[c-]cccc1Cl.[Li+].[Li+].[Na+]. The molecule has 0 aliphatic heterocycles. The fraction of sp³-hybridized carbons (Fsp3) is 0. The summed E-state index contributed by atoms with van der Waals surface area (Å²) < 4.78 is 25.5. The fourth-order valence-corrected chi connectivity index (χ4v) is 2.09. The molecule has 1 aromatic carbocycles. The van der Waals surface area contributed by atoms with Crippen molar-refractivity contribution in [3.8, 4) is 0 Å². The summed E-state index contributed by atoms with van der Waals surface area (Å²) in [6.07, 6.45) is 0. The molecule has 0 saturated carbocycles. The summed E-state index contributed by atoms with van der Waals surface area (Å²) in [5.74, 6) is -1.04. The molecule has 0 radical (unpaired) electrons. The van der Waals surface area contributed by atoms with Crippen molar-refractivity contribution in [2.75, 3.05) is 0 Å². The van der Waals surface area contributed by atoms with Crippen LogP contribution >= 0.6 is 11.6 Å². The quantitative estimate of drug-likeness (QED) is 0.310.